The maximum atomic E-state index is 14.7. The summed E-state index contributed by atoms with van der Waals surface area (Å²) >= 11 is 0. The van der Waals surface area contributed by atoms with Crippen LogP contribution in [-0.4, -0.2) is 36.6 Å². The third-order valence-corrected chi connectivity index (χ3v) is 9.13. The van der Waals surface area contributed by atoms with E-state index in [1.165, 1.54) is 0 Å². The summed E-state index contributed by atoms with van der Waals surface area (Å²) < 4.78 is 45.9. The van der Waals surface area contributed by atoms with Crippen LogP contribution < -0.4 is 5.32 Å². The van der Waals surface area contributed by atoms with Gasteiger partial charge in [-0.1, -0.05) is 6.58 Å². The van der Waals surface area contributed by atoms with E-state index in [0.717, 1.165) is 31.0 Å². The van der Waals surface area contributed by atoms with Gasteiger partial charge in [-0.05, 0) is 31.7 Å². The highest BCUT2D eigenvalue weighted by Gasteiger charge is 2.67. The van der Waals surface area contributed by atoms with E-state index in [9.17, 15) is 22.9 Å². The highest BCUT2D eigenvalue weighted by atomic mass is 32.2. The molecule has 0 radical (unpaired) electrons. The number of halogens is 1. The molecule has 0 bridgehead atoms. The van der Waals surface area contributed by atoms with Gasteiger partial charge in [0.05, 0.1) is 18.1 Å². The number of fused-ring (bicyclic) bond motifs is 1. The molecule has 2 heterocycles. The van der Waals surface area contributed by atoms with Gasteiger partial charge < -0.3 is 10.1 Å². The number of non-ortho nitro benzene ring substituents is 1. The largest absolute Gasteiger partial charge is 0.377 e. The molecule has 1 aromatic rings. The van der Waals surface area contributed by atoms with Crippen LogP contribution in [0.1, 0.15) is 25.3 Å². The van der Waals surface area contributed by atoms with Crippen molar-refractivity contribution in [2.45, 2.75) is 35.3 Å². The number of nitro benzene ring substituents is 1. The lowest BCUT2D eigenvalue weighted by Gasteiger charge is -2.48. The number of nitro groups is 1. The van der Waals surface area contributed by atoms with Crippen LogP contribution in [0.15, 0.2) is 30.5 Å². The minimum absolute atomic E-state index is 0.0268. The molecule has 1 saturated carbocycles. The van der Waals surface area contributed by atoms with Crippen LogP contribution in [0.4, 0.5) is 10.1 Å². The van der Waals surface area contributed by atoms with Crippen molar-refractivity contribution >= 4 is 15.5 Å². The number of ether oxygens (including phenoxy) is 1. The van der Waals surface area contributed by atoms with E-state index in [2.05, 4.69) is 11.9 Å². The van der Waals surface area contributed by atoms with E-state index in [0.29, 0.717) is 5.70 Å². The summed E-state index contributed by atoms with van der Waals surface area (Å²) in [5, 5.41) is 13.2. The third kappa shape index (κ3) is 2.04. The van der Waals surface area contributed by atoms with Gasteiger partial charge in [0.15, 0.2) is 9.84 Å². The minimum Gasteiger partial charge on any atom is -0.377 e. The zero-order chi connectivity index (χ0) is 18.9. The van der Waals surface area contributed by atoms with Gasteiger partial charge in [-0.3, -0.25) is 10.1 Å². The first-order chi connectivity index (χ1) is 12.1. The molecule has 0 aromatic heterocycles. The van der Waals surface area contributed by atoms with Crippen molar-refractivity contribution in [1.29, 1.82) is 0 Å². The number of hydrogen-bond donors (Lipinski definition) is 1. The molecule has 26 heavy (non-hydrogen) atoms. The van der Waals surface area contributed by atoms with Crippen LogP contribution >= 0.6 is 0 Å². The van der Waals surface area contributed by atoms with Crippen molar-refractivity contribution in [3.63, 3.8) is 0 Å². The molecule has 4 rings (SSSR count). The van der Waals surface area contributed by atoms with Crippen LogP contribution in [0, 0.1) is 21.8 Å². The van der Waals surface area contributed by atoms with Gasteiger partial charge in [0, 0.05) is 23.4 Å². The molecule has 3 fully saturated rings. The minimum atomic E-state index is -3.77. The first-order valence-electron chi connectivity index (χ1n) is 8.38. The second-order valence-electron chi connectivity index (χ2n) is 7.43. The van der Waals surface area contributed by atoms with Gasteiger partial charge in [-0.15, -0.1) is 0 Å². The van der Waals surface area contributed by atoms with Gasteiger partial charge in [0.25, 0.3) is 5.69 Å². The fraction of sp³-hybridized carbons (Fsp3) is 0.529. The van der Waals surface area contributed by atoms with Crippen molar-refractivity contribution in [2.75, 3.05) is 13.2 Å². The summed E-state index contributed by atoms with van der Waals surface area (Å²) in [6, 6.07) is 3.14. The number of benzene rings is 1. The first kappa shape index (κ1) is 17.4. The van der Waals surface area contributed by atoms with E-state index in [1.807, 2.05) is 0 Å². The second-order valence-corrected chi connectivity index (χ2v) is 9.93. The monoisotopic (exact) mass is 382 g/mol. The molecule has 0 amide bonds. The number of sulfone groups is 1. The van der Waals surface area contributed by atoms with Crippen molar-refractivity contribution in [2.24, 2.45) is 5.92 Å². The molecule has 2 aliphatic heterocycles. The van der Waals surface area contributed by atoms with Crippen LogP contribution in [0.3, 0.4) is 0 Å². The molecular formula is C17H19FN2O5S. The average molecular weight is 382 g/mol. The molecular weight excluding hydrogens is 363 g/mol. The van der Waals surface area contributed by atoms with Crippen LogP contribution in [0.2, 0.25) is 0 Å². The molecule has 0 unspecified atom stereocenters. The highest BCUT2D eigenvalue weighted by molar-refractivity contribution is 7.93. The molecule has 0 spiro atoms. The fourth-order valence-electron chi connectivity index (χ4n) is 4.29. The Hall–Kier alpha value is -2.00. The predicted molar refractivity (Wildman–Crippen MR) is 91.7 cm³/mol. The summed E-state index contributed by atoms with van der Waals surface area (Å²) in [4.78, 5) is 10.5. The van der Waals surface area contributed by atoms with E-state index < -0.39 is 36.1 Å². The summed E-state index contributed by atoms with van der Waals surface area (Å²) in [6.45, 7) is 5.40. The molecule has 3 atom stereocenters. The SMILES string of the molecule is C=C1N[C@@]2(c3cc([N+](=O)[O-])ccc3F)COC[C@H]2S(=O)(=O)[C@]1(C)C1CC1. The van der Waals surface area contributed by atoms with E-state index >= 15 is 0 Å². The molecule has 7 nitrogen and oxygen atoms in total. The summed E-state index contributed by atoms with van der Waals surface area (Å²) in [6.07, 6.45) is 1.59. The molecule has 3 aliphatic rings. The maximum absolute atomic E-state index is 14.7. The molecule has 1 aliphatic carbocycles. The van der Waals surface area contributed by atoms with Crippen LogP contribution in [-0.2, 0) is 20.1 Å². The van der Waals surface area contributed by atoms with Gasteiger partial charge in [-0.2, -0.15) is 0 Å². The van der Waals surface area contributed by atoms with Gasteiger partial charge in [0.1, 0.15) is 21.4 Å². The molecule has 140 valence electrons. The Labute approximate surface area is 150 Å². The standard InChI is InChI=1S/C17H19FN2O5S/c1-10-16(2,11-3-4-11)26(23,24)15-8-25-9-17(15,19-10)13-7-12(20(21)22)5-6-14(13)18/h5-7,11,15,19H,1,3-4,8-9H2,2H3/t15-,16+,17-/m1/s1. The third-order valence-electron chi connectivity index (χ3n) is 6.09. The Morgan fingerprint density at radius 3 is 2.73 bits per heavy atom. The maximum Gasteiger partial charge on any atom is 0.270 e. The zero-order valence-corrected chi connectivity index (χ0v) is 15.0. The number of rotatable bonds is 3. The molecule has 1 aromatic carbocycles. The van der Waals surface area contributed by atoms with Crippen molar-refractivity contribution < 1.29 is 22.5 Å². The Kier molecular flexibility index (Phi) is 3.52. The Morgan fingerprint density at radius 1 is 1.42 bits per heavy atom. The number of hydrogen-bond acceptors (Lipinski definition) is 6. The highest BCUT2D eigenvalue weighted by Crippen LogP contribution is 2.55. The second kappa shape index (κ2) is 5.26. The normalized spacial score (nSPS) is 35.6. The smallest absolute Gasteiger partial charge is 0.270 e. The lowest BCUT2D eigenvalue weighted by atomic mass is 9.85. The average Bonchev–Trinajstić information content (AvgIpc) is 3.34. The van der Waals surface area contributed by atoms with Gasteiger partial charge in [-0.25, -0.2) is 12.8 Å². The summed E-state index contributed by atoms with van der Waals surface area (Å²) in [5.41, 5.74) is -1.49. The molecule has 2 saturated heterocycles. The predicted octanol–water partition coefficient (Wildman–Crippen LogP) is 2.03. The van der Waals surface area contributed by atoms with Crippen molar-refractivity contribution in [1.82, 2.24) is 5.32 Å². The lowest BCUT2D eigenvalue weighted by molar-refractivity contribution is -0.385. The van der Waals surface area contributed by atoms with Gasteiger partial charge >= 0.3 is 0 Å². The van der Waals surface area contributed by atoms with Gasteiger partial charge in [0.2, 0.25) is 0 Å². The quantitative estimate of drug-likeness (QED) is 0.634. The van der Waals surface area contributed by atoms with Crippen LogP contribution in [0.25, 0.3) is 0 Å². The molecule has 9 heteroatoms. The Bertz CT molecular complexity index is 929. The Morgan fingerprint density at radius 2 is 2.12 bits per heavy atom. The Balaban J connectivity index is 1.91. The summed E-state index contributed by atoms with van der Waals surface area (Å²) in [7, 11) is -3.77. The zero-order valence-electron chi connectivity index (χ0n) is 14.2. The first-order valence-corrected chi connectivity index (χ1v) is 9.92. The van der Waals surface area contributed by atoms with Crippen molar-refractivity contribution in [3.8, 4) is 0 Å². The lowest BCUT2D eigenvalue weighted by Crippen LogP contribution is -2.66. The molecule has 1 N–H and O–H groups in total. The number of nitrogens with one attached hydrogen (secondary N) is 1. The fourth-order valence-corrected chi connectivity index (χ4v) is 7.04. The van der Waals surface area contributed by atoms with E-state index in [4.69, 9.17) is 4.74 Å². The van der Waals surface area contributed by atoms with E-state index in [-0.39, 0.29) is 30.4 Å². The number of nitrogens with zero attached hydrogens (tertiary/aromatic N) is 1. The summed E-state index contributed by atoms with van der Waals surface area (Å²) in [5.74, 6) is -0.738. The van der Waals surface area contributed by atoms with Crippen molar-refractivity contribution in [3.05, 3.63) is 52.0 Å². The van der Waals surface area contributed by atoms with Crippen LogP contribution in [0.5, 0.6) is 0 Å². The topological polar surface area (TPSA) is 98.5 Å². The van der Waals surface area contributed by atoms with E-state index in [1.54, 1.807) is 6.92 Å².